The topological polar surface area (TPSA) is 12.0 Å². The highest BCUT2D eigenvalue weighted by molar-refractivity contribution is 5.26. The lowest BCUT2D eigenvalue weighted by Gasteiger charge is -2.27. The largest absolute Gasteiger partial charge is 0.416 e. The summed E-state index contributed by atoms with van der Waals surface area (Å²) in [4.78, 5) is 0. The van der Waals surface area contributed by atoms with Gasteiger partial charge in [-0.15, -0.1) is 0 Å². The predicted molar refractivity (Wildman–Crippen MR) is 56.1 cm³/mol. The van der Waals surface area contributed by atoms with E-state index in [1.165, 1.54) is 6.07 Å². The molecule has 0 bridgehead atoms. The zero-order chi connectivity index (χ0) is 12.5. The molecule has 1 aromatic rings. The van der Waals surface area contributed by atoms with Gasteiger partial charge in [0.2, 0.25) is 0 Å². The molecule has 1 saturated heterocycles. The van der Waals surface area contributed by atoms with Crippen LogP contribution in [0.2, 0.25) is 0 Å². The van der Waals surface area contributed by atoms with E-state index in [1.807, 2.05) is 0 Å². The lowest BCUT2D eigenvalue weighted by molar-refractivity contribution is -0.137. The van der Waals surface area contributed by atoms with Crippen molar-refractivity contribution in [3.63, 3.8) is 0 Å². The first kappa shape index (κ1) is 12.4. The van der Waals surface area contributed by atoms with Crippen molar-refractivity contribution in [2.45, 2.75) is 19.0 Å². The standard InChI is InChI=1S/C12H13F4N/c13-11-5-10(12(14,15)16)4-3-9(11)2-1-8-6-17-7-8/h3-5,8,17H,1-2,6-7H2. The Kier molecular flexibility index (Phi) is 3.38. The van der Waals surface area contributed by atoms with E-state index in [-0.39, 0.29) is 0 Å². The maximum absolute atomic E-state index is 13.4. The van der Waals surface area contributed by atoms with Crippen LogP contribution in [0.15, 0.2) is 18.2 Å². The Morgan fingerprint density at radius 2 is 1.94 bits per heavy atom. The zero-order valence-electron chi connectivity index (χ0n) is 9.15. The summed E-state index contributed by atoms with van der Waals surface area (Å²) in [7, 11) is 0. The zero-order valence-corrected chi connectivity index (χ0v) is 9.15. The van der Waals surface area contributed by atoms with E-state index in [0.717, 1.165) is 25.6 Å². The van der Waals surface area contributed by atoms with Gasteiger partial charge in [0.1, 0.15) is 5.82 Å². The van der Waals surface area contributed by atoms with Gasteiger partial charge in [-0.3, -0.25) is 0 Å². The van der Waals surface area contributed by atoms with Crippen molar-refractivity contribution in [1.82, 2.24) is 5.32 Å². The van der Waals surface area contributed by atoms with Crippen LogP contribution in [0, 0.1) is 11.7 Å². The van der Waals surface area contributed by atoms with Gasteiger partial charge >= 0.3 is 6.18 Å². The van der Waals surface area contributed by atoms with E-state index in [1.54, 1.807) is 0 Å². The van der Waals surface area contributed by atoms with E-state index < -0.39 is 17.6 Å². The SMILES string of the molecule is Fc1cc(C(F)(F)F)ccc1CCC1CNC1. The molecule has 0 aromatic heterocycles. The highest BCUT2D eigenvalue weighted by Gasteiger charge is 2.31. The van der Waals surface area contributed by atoms with Crippen LogP contribution in [0.3, 0.4) is 0 Å². The number of benzene rings is 1. The fraction of sp³-hybridized carbons (Fsp3) is 0.500. The molecule has 1 N–H and O–H groups in total. The fourth-order valence-corrected chi connectivity index (χ4v) is 1.84. The van der Waals surface area contributed by atoms with Gasteiger partial charge < -0.3 is 5.32 Å². The van der Waals surface area contributed by atoms with Gasteiger partial charge in [-0.25, -0.2) is 4.39 Å². The van der Waals surface area contributed by atoms with Crippen molar-refractivity contribution >= 4 is 0 Å². The molecule has 5 heteroatoms. The number of halogens is 4. The van der Waals surface area contributed by atoms with Gasteiger partial charge in [0.05, 0.1) is 5.56 Å². The predicted octanol–water partition coefficient (Wildman–Crippen LogP) is 3.00. The molecule has 0 amide bonds. The number of hydrogen-bond donors (Lipinski definition) is 1. The second kappa shape index (κ2) is 4.64. The van der Waals surface area contributed by atoms with E-state index in [9.17, 15) is 17.6 Å². The van der Waals surface area contributed by atoms with Gasteiger partial charge in [0.25, 0.3) is 0 Å². The summed E-state index contributed by atoms with van der Waals surface area (Å²) in [6.45, 7) is 1.84. The third-order valence-corrected chi connectivity index (χ3v) is 3.07. The molecule has 1 aliphatic heterocycles. The van der Waals surface area contributed by atoms with Crippen molar-refractivity contribution in [3.05, 3.63) is 35.1 Å². The van der Waals surface area contributed by atoms with Crippen molar-refractivity contribution in [1.29, 1.82) is 0 Å². The molecule has 1 fully saturated rings. The summed E-state index contributed by atoms with van der Waals surface area (Å²) in [6, 6.07) is 2.76. The molecule has 17 heavy (non-hydrogen) atoms. The number of alkyl halides is 3. The minimum absolute atomic E-state index is 0.366. The Labute approximate surface area is 96.8 Å². The van der Waals surface area contributed by atoms with Gasteiger partial charge in [-0.1, -0.05) is 6.07 Å². The third kappa shape index (κ3) is 2.97. The second-order valence-electron chi connectivity index (χ2n) is 4.37. The molecule has 0 saturated carbocycles. The average molecular weight is 247 g/mol. The lowest BCUT2D eigenvalue weighted by Crippen LogP contribution is -2.42. The van der Waals surface area contributed by atoms with Crippen LogP contribution in [0.4, 0.5) is 17.6 Å². The minimum Gasteiger partial charge on any atom is -0.316 e. The van der Waals surface area contributed by atoms with Crippen LogP contribution >= 0.6 is 0 Å². The van der Waals surface area contributed by atoms with E-state index in [0.29, 0.717) is 24.0 Å². The normalized spacial score (nSPS) is 16.9. The third-order valence-electron chi connectivity index (χ3n) is 3.07. The van der Waals surface area contributed by atoms with E-state index in [2.05, 4.69) is 5.32 Å². The molecule has 0 spiro atoms. The molecule has 0 atom stereocenters. The van der Waals surface area contributed by atoms with E-state index >= 15 is 0 Å². The van der Waals surface area contributed by atoms with Gasteiger partial charge in [-0.05, 0) is 49.5 Å². The van der Waals surface area contributed by atoms with Crippen LogP contribution < -0.4 is 5.32 Å². The monoisotopic (exact) mass is 247 g/mol. The van der Waals surface area contributed by atoms with Crippen LogP contribution in [-0.4, -0.2) is 13.1 Å². The molecule has 2 rings (SSSR count). The maximum atomic E-state index is 13.4. The van der Waals surface area contributed by atoms with E-state index in [4.69, 9.17) is 0 Å². The molecule has 1 aromatic carbocycles. The Balaban J connectivity index is 2.03. The fourth-order valence-electron chi connectivity index (χ4n) is 1.84. The Hall–Kier alpha value is -1.10. The number of rotatable bonds is 3. The summed E-state index contributed by atoms with van der Waals surface area (Å²) in [6.07, 6.45) is -3.16. The first-order valence-corrected chi connectivity index (χ1v) is 5.53. The van der Waals surface area contributed by atoms with Gasteiger partial charge in [0.15, 0.2) is 0 Å². The average Bonchev–Trinajstić information content (AvgIpc) is 2.16. The van der Waals surface area contributed by atoms with Crippen LogP contribution in [0.25, 0.3) is 0 Å². The highest BCUT2D eigenvalue weighted by atomic mass is 19.4. The summed E-state index contributed by atoms with van der Waals surface area (Å²) in [5, 5.41) is 3.10. The summed E-state index contributed by atoms with van der Waals surface area (Å²) in [5.74, 6) is -0.233. The minimum atomic E-state index is -4.47. The molecule has 0 unspecified atom stereocenters. The quantitative estimate of drug-likeness (QED) is 0.810. The summed E-state index contributed by atoms with van der Waals surface area (Å²) < 4.78 is 50.3. The molecule has 1 heterocycles. The molecule has 94 valence electrons. The van der Waals surface area contributed by atoms with Crippen molar-refractivity contribution < 1.29 is 17.6 Å². The molecule has 1 nitrogen and oxygen atoms in total. The van der Waals surface area contributed by atoms with Crippen molar-refractivity contribution in [2.24, 2.45) is 5.92 Å². The summed E-state index contributed by atoms with van der Waals surface area (Å²) in [5.41, 5.74) is -0.561. The molecular formula is C12H13F4N. The van der Waals surface area contributed by atoms with Crippen LogP contribution in [0.1, 0.15) is 17.5 Å². The second-order valence-corrected chi connectivity index (χ2v) is 4.37. The first-order valence-electron chi connectivity index (χ1n) is 5.53. The van der Waals surface area contributed by atoms with Crippen molar-refractivity contribution in [2.75, 3.05) is 13.1 Å². The summed E-state index contributed by atoms with van der Waals surface area (Å²) >= 11 is 0. The Morgan fingerprint density at radius 3 is 2.41 bits per heavy atom. The maximum Gasteiger partial charge on any atom is 0.416 e. The molecule has 0 radical (unpaired) electrons. The first-order chi connectivity index (χ1) is 7.97. The smallest absolute Gasteiger partial charge is 0.316 e. The Bertz CT molecular complexity index is 396. The Morgan fingerprint density at radius 1 is 1.24 bits per heavy atom. The number of aryl methyl sites for hydroxylation is 1. The van der Waals surface area contributed by atoms with Crippen LogP contribution in [0.5, 0.6) is 0 Å². The van der Waals surface area contributed by atoms with Crippen LogP contribution in [-0.2, 0) is 12.6 Å². The number of hydrogen-bond acceptors (Lipinski definition) is 1. The van der Waals surface area contributed by atoms with Gasteiger partial charge in [-0.2, -0.15) is 13.2 Å². The molecule has 1 aliphatic rings. The molecular weight excluding hydrogens is 234 g/mol. The van der Waals surface area contributed by atoms with Crippen molar-refractivity contribution in [3.8, 4) is 0 Å². The highest BCUT2D eigenvalue weighted by Crippen LogP contribution is 2.30. The number of nitrogens with one attached hydrogen (secondary N) is 1. The lowest BCUT2D eigenvalue weighted by atomic mass is 9.94. The molecule has 0 aliphatic carbocycles. The van der Waals surface area contributed by atoms with Gasteiger partial charge in [0, 0.05) is 0 Å².